The van der Waals surface area contributed by atoms with Crippen molar-refractivity contribution in [2.45, 2.75) is 4.90 Å². The van der Waals surface area contributed by atoms with Crippen molar-refractivity contribution >= 4 is 17.9 Å². The molecule has 1 N–H and O–H groups in total. The molecular formula is C14H15N3O3S. The van der Waals surface area contributed by atoms with Crippen molar-refractivity contribution in [3.8, 4) is 5.69 Å². The first-order valence-corrected chi connectivity index (χ1v) is 7.28. The maximum atomic E-state index is 12.0. The van der Waals surface area contributed by atoms with Gasteiger partial charge in [0.2, 0.25) is 0 Å². The topological polar surface area (TPSA) is 73.2 Å². The van der Waals surface area contributed by atoms with Crippen LogP contribution >= 0.6 is 11.8 Å². The largest absolute Gasteiger partial charge is 0.453 e. The molecule has 2 aromatic rings. The Morgan fingerprint density at radius 3 is 2.81 bits per heavy atom. The van der Waals surface area contributed by atoms with E-state index in [1.807, 2.05) is 30.3 Å². The third-order valence-electron chi connectivity index (χ3n) is 2.60. The number of carbonyl (C=O) groups is 1. The summed E-state index contributed by atoms with van der Waals surface area (Å²) in [5, 5.41) is 6.72. The molecule has 1 aromatic carbocycles. The third kappa shape index (κ3) is 4.35. The molecule has 0 fully saturated rings. The SMILES string of the molecule is COC(=O)NCCSc1cnn(-c2ccccc2)c(=O)c1. The molecule has 0 aliphatic rings. The second-order valence-electron chi connectivity index (χ2n) is 4.04. The minimum Gasteiger partial charge on any atom is -0.453 e. The minimum absolute atomic E-state index is 0.188. The van der Waals surface area contributed by atoms with E-state index in [0.717, 1.165) is 10.6 Å². The standard InChI is InChI=1S/C14H15N3O3S/c1-20-14(19)15-7-8-21-12-9-13(18)17(16-10-12)11-5-3-2-4-6-11/h2-6,9-10H,7-8H2,1H3,(H,15,19). The first-order valence-electron chi connectivity index (χ1n) is 6.30. The van der Waals surface area contributed by atoms with Crippen LogP contribution in [0.2, 0.25) is 0 Å². The van der Waals surface area contributed by atoms with Gasteiger partial charge in [-0.1, -0.05) is 18.2 Å². The van der Waals surface area contributed by atoms with Gasteiger partial charge < -0.3 is 10.1 Å². The Balaban J connectivity index is 1.97. The molecular weight excluding hydrogens is 290 g/mol. The van der Waals surface area contributed by atoms with Crippen LogP contribution in [0, 0.1) is 0 Å². The molecule has 1 amide bonds. The second-order valence-corrected chi connectivity index (χ2v) is 5.21. The summed E-state index contributed by atoms with van der Waals surface area (Å²) in [6.07, 6.45) is 1.17. The molecule has 0 bridgehead atoms. The molecule has 7 heteroatoms. The lowest BCUT2D eigenvalue weighted by Crippen LogP contribution is -2.25. The fourth-order valence-electron chi connectivity index (χ4n) is 1.63. The highest BCUT2D eigenvalue weighted by Crippen LogP contribution is 2.14. The summed E-state index contributed by atoms with van der Waals surface area (Å²) in [5.41, 5.74) is 0.540. The fourth-order valence-corrected chi connectivity index (χ4v) is 2.37. The number of amides is 1. The average molecular weight is 305 g/mol. The number of hydrogen-bond acceptors (Lipinski definition) is 5. The van der Waals surface area contributed by atoms with Crippen molar-refractivity contribution in [1.29, 1.82) is 0 Å². The number of thioether (sulfide) groups is 1. The zero-order valence-electron chi connectivity index (χ0n) is 11.5. The summed E-state index contributed by atoms with van der Waals surface area (Å²) in [6.45, 7) is 0.457. The molecule has 0 saturated carbocycles. The van der Waals surface area contributed by atoms with Crippen LogP contribution in [0.25, 0.3) is 5.69 Å². The van der Waals surface area contributed by atoms with Gasteiger partial charge in [0.15, 0.2) is 0 Å². The van der Waals surface area contributed by atoms with Gasteiger partial charge in [-0.3, -0.25) is 4.79 Å². The molecule has 110 valence electrons. The normalized spacial score (nSPS) is 10.1. The Kier molecular flexibility index (Phi) is 5.39. The number of nitrogens with zero attached hydrogens (tertiary/aromatic N) is 2. The van der Waals surface area contributed by atoms with Crippen LogP contribution < -0.4 is 10.9 Å². The molecule has 0 aliphatic heterocycles. The van der Waals surface area contributed by atoms with E-state index >= 15 is 0 Å². The monoisotopic (exact) mass is 305 g/mol. The van der Waals surface area contributed by atoms with E-state index in [9.17, 15) is 9.59 Å². The third-order valence-corrected chi connectivity index (χ3v) is 3.57. The van der Waals surface area contributed by atoms with Gasteiger partial charge in [0.05, 0.1) is 19.0 Å². The average Bonchev–Trinajstić information content (AvgIpc) is 2.52. The number of ether oxygens (including phenoxy) is 1. The zero-order chi connectivity index (χ0) is 15.1. The number of rotatable bonds is 5. The van der Waals surface area contributed by atoms with E-state index in [1.165, 1.54) is 29.6 Å². The number of nitrogens with one attached hydrogen (secondary N) is 1. The predicted octanol–water partition coefficient (Wildman–Crippen LogP) is 1.68. The van der Waals surface area contributed by atoms with Crippen LogP contribution in [-0.2, 0) is 4.74 Å². The van der Waals surface area contributed by atoms with Crippen molar-refractivity contribution in [1.82, 2.24) is 15.1 Å². The van der Waals surface area contributed by atoms with Crippen LogP contribution in [0.3, 0.4) is 0 Å². The summed E-state index contributed by atoms with van der Waals surface area (Å²) >= 11 is 1.44. The second kappa shape index (κ2) is 7.49. The number of para-hydroxylation sites is 1. The number of carbonyl (C=O) groups excluding carboxylic acids is 1. The molecule has 1 heterocycles. The highest BCUT2D eigenvalue weighted by molar-refractivity contribution is 7.99. The van der Waals surface area contributed by atoms with Gasteiger partial charge in [0.1, 0.15) is 0 Å². The molecule has 6 nitrogen and oxygen atoms in total. The van der Waals surface area contributed by atoms with E-state index in [-0.39, 0.29) is 5.56 Å². The van der Waals surface area contributed by atoms with Gasteiger partial charge in [0, 0.05) is 23.3 Å². The maximum Gasteiger partial charge on any atom is 0.406 e. The van der Waals surface area contributed by atoms with Crippen LogP contribution in [0.4, 0.5) is 4.79 Å². The van der Waals surface area contributed by atoms with Gasteiger partial charge in [-0.2, -0.15) is 9.78 Å². The van der Waals surface area contributed by atoms with Gasteiger partial charge in [-0.15, -0.1) is 11.8 Å². The van der Waals surface area contributed by atoms with Crippen LogP contribution in [-0.4, -0.2) is 35.3 Å². The molecule has 0 aliphatic carbocycles. The summed E-state index contributed by atoms with van der Waals surface area (Å²) in [6, 6.07) is 10.8. The van der Waals surface area contributed by atoms with Crippen molar-refractivity contribution < 1.29 is 9.53 Å². The lowest BCUT2D eigenvalue weighted by molar-refractivity contribution is 0.172. The first kappa shape index (κ1) is 15.1. The summed E-state index contributed by atoms with van der Waals surface area (Å²) in [4.78, 5) is 23.7. The smallest absolute Gasteiger partial charge is 0.406 e. The number of hydrogen-bond donors (Lipinski definition) is 1. The lowest BCUT2D eigenvalue weighted by atomic mass is 10.3. The summed E-state index contributed by atoms with van der Waals surface area (Å²) < 4.78 is 5.81. The van der Waals surface area contributed by atoms with E-state index < -0.39 is 6.09 Å². The molecule has 0 saturated heterocycles. The van der Waals surface area contributed by atoms with E-state index in [2.05, 4.69) is 15.2 Å². The van der Waals surface area contributed by atoms with Gasteiger partial charge in [-0.05, 0) is 12.1 Å². The molecule has 21 heavy (non-hydrogen) atoms. The molecule has 0 spiro atoms. The Morgan fingerprint density at radius 1 is 1.38 bits per heavy atom. The summed E-state index contributed by atoms with van der Waals surface area (Å²) in [7, 11) is 1.32. The van der Waals surface area contributed by atoms with Crippen LogP contribution in [0.5, 0.6) is 0 Å². The van der Waals surface area contributed by atoms with Gasteiger partial charge in [0.25, 0.3) is 5.56 Å². The highest BCUT2D eigenvalue weighted by atomic mass is 32.2. The molecule has 0 radical (unpaired) electrons. The molecule has 2 rings (SSSR count). The predicted molar refractivity (Wildman–Crippen MR) is 81.0 cm³/mol. The lowest BCUT2D eigenvalue weighted by Gasteiger charge is -2.06. The minimum atomic E-state index is -0.465. The number of methoxy groups -OCH3 is 1. The first-order chi connectivity index (χ1) is 10.2. The Hall–Kier alpha value is -2.28. The van der Waals surface area contributed by atoms with Crippen molar-refractivity contribution in [3.63, 3.8) is 0 Å². The summed E-state index contributed by atoms with van der Waals surface area (Å²) in [5.74, 6) is 0.631. The number of aromatic nitrogens is 2. The van der Waals surface area contributed by atoms with Crippen molar-refractivity contribution in [3.05, 3.63) is 52.9 Å². The Bertz CT molecular complexity index is 658. The van der Waals surface area contributed by atoms with Gasteiger partial charge >= 0.3 is 6.09 Å². The van der Waals surface area contributed by atoms with Crippen molar-refractivity contribution in [2.75, 3.05) is 19.4 Å². The molecule has 0 unspecified atom stereocenters. The maximum absolute atomic E-state index is 12.0. The van der Waals surface area contributed by atoms with E-state index in [4.69, 9.17) is 0 Å². The fraction of sp³-hybridized carbons (Fsp3) is 0.214. The number of benzene rings is 1. The highest BCUT2D eigenvalue weighted by Gasteiger charge is 2.03. The quantitative estimate of drug-likeness (QED) is 0.672. The Labute approximate surface area is 126 Å². The van der Waals surface area contributed by atoms with Crippen LogP contribution in [0.15, 0.2) is 52.3 Å². The molecule has 1 aromatic heterocycles. The van der Waals surface area contributed by atoms with E-state index in [1.54, 1.807) is 6.20 Å². The number of alkyl carbamates (subject to hydrolysis) is 1. The van der Waals surface area contributed by atoms with Crippen LogP contribution in [0.1, 0.15) is 0 Å². The Morgan fingerprint density at radius 2 is 2.14 bits per heavy atom. The molecule has 0 atom stereocenters. The van der Waals surface area contributed by atoms with E-state index in [0.29, 0.717) is 12.3 Å². The van der Waals surface area contributed by atoms with Crippen molar-refractivity contribution in [2.24, 2.45) is 0 Å². The van der Waals surface area contributed by atoms with Gasteiger partial charge in [-0.25, -0.2) is 4.79 Å². The zero-order valence-corrected chi connectivity index (χ0v) is 12.3.